The average Bonchev–Trinajstić information content (AvgIpc) is 2.75. The van der Waals surface area contributed by atoms with Crippen LogP contribution in [0.2, 0.25) is 0 Å². The first kappa shape index (κ1) is 9.95. The molecule has 1 aliphatic carbocycles. The molecule has 0 aromatic carbocycles. The molecule has 3 heteroatoms. The summed E-state index contributed by atoms with van der Waals surface area (Å²) in [5, 5.41) is 8.58. The summed E-state index contributed by atoms with van der Waals surface area (Å²) in [4.78, 5) is 0. The molecule has 1 aliphatic heterocycles. The summed E-state index contributed by atoms with van der Waals surface area (Å²) >= 11 is 0. The highest BCUT2D eigenvalue weighted by atomic mass is 16.7. The Kier molecular flexibility index (Phi) is 2.76. The first-order chi connectivity index (χ1) is 6.74. The van der Waals surface area contributed by atoms with Crippen molar-refractivity contribution < 1.29 is 9.47 Å². The Bertz CT molecular complexity index is 242. The third-order valence-electron chi connectivity index (χ3n) is 3.37. The van der Waals surface area contributed by atoms with E-state index < -0.39 is 5.79 Å². The van der Waals surface area contributed by atoms with Gasteiger partial charge in [0.05, 0.1) is 25.2 Å². The predicted octanol–water partition coefficient (Wildman–Crippen LogP) is 2.22. The molecule has 2 aliphatic rings. The summed E-state index contributed by atoms with van der Waals surface area (Å²) in [6.45, 7) is 2.61. The fourth-order valence-electron chi connectivity index (χ4n) is 2.52. The zero-order chi connectivity index (χ0) is 10.0. The Balaban J connectivity index is 1.94. The summed E-state index contributed by atoms with van der Waals surface area (Å²) in [6, 6.07) is 2.13. The molecule has 2 atom stereocenters. The van der Waals surface area contributed by atoms with Crippen molar-refractivity contribution in [1.82, 2.24) is 0 Å². The number of nitrogens with zero attached hydrogens (tertiary/aromatic N) is 1. The van der Waals surface area contributed by atoms with Gasteiger partial charge < -0.3 is 9.47 Å². The van der Waals surface area contributed by atoms with Crippen LogP contribution in [0.3, 0.4) is 0 Å². The third kappa shape index (κ3) is 1.77. The number of hydrogen-bond donors (Lipinski definition) is 0. The van der Waals surface area contributed by atoms with Crippen LogP contribution in [0.15, 0.2) is 0 Å². The Morgan fingerprint density at radius 1 is 1.43 bits per heavy atom. The maximum Gasteiger partial charge on any atom is 0.168 e. The standard InChI is InChI=1S/C11H17NO2/c1-11(9-4-2-3-5-9)13-8-10(14-11)6-7-12/h9-10H,2-6,8H2,1H3. The Labute approximate surface area is 85.0 Å². The van der Waals surface area contributed by atoms with Crippen molar-refractivity contribution in [3.63, 3.8) is 0 Å². The molecule has 0 radical (unpaired) electrons. The third-order valence-corrected chi connectivity index (χ3v) is 3.37. The Hall–Kier alpha value is -0.590. The zero-order valence-electron chi connectivity index (χ0n) is 8.66. The maximum absolute atomic E-state index is 8.58. The zero-order valence-corrected chi connectivity index (χ0v) is 8.66. The molecule has 0 aromatic heterocycles. The lowest BCUT2D eigenvalue weighted by Crippen LogP contribution is -2.34. The molecular formula is C11H17NO2. The molecule has 2 rings (SSSR count). The molecule has 0 amide bonds. The highest BCUT2D eigenvalue weighted by Gasteiger charge is 2.44. The molecule has 78 valence electrons. The monoisotopic (exact) mass is 195 g/mol. The van der Waals surface area contributed by atoms with E-state index in [0.29, 0.717) is 18.9 Å². The first-order valence-corrected chi connectivity index (χ1v) is 5.43. The van der Waals surface area contributed by atoms with Crippen LogP contribution in [0.1, 0.15) is 39.0 Å². The van der Waals surface area contributed by atoms with Crippen molar-refractivity contribution in [3.8, 4) is 6.07 Å². The summed E-state index contributed by atoms with van der Waals surface area (Å²) in [5.74, 6) is 0.129. The van der Waals surface area contributed by atoms with E-state index >= 15 is 0 Å². The van der Waals surface area contributed by atoms with Crippen molar-refractivity contribution in [2.75, 3.05) is 6.61 Å². The Morgan fingerprint density at radius 3 is 2.79 bits per heavy atom. The van der Waals surface area contributed by atoms with E-state index in [1.807, 2.05) is 6.92 Å². The van der Waals surface area contributed by atoms with Crippen LogP contribution >= 0.6 is 0 Å². The fourth-order valence-corrected chi connectivity index (χ4v) is 2.52. The van der Waals surface area contributed by atoms with Gasteiger partial charge in [0.25, 0.3) is 0 Å². The van der Waals surface area contributed by atoms with Gasteiger partial charge in [0.15, 0.2) is 5.79 Å². The van der Waals surface area contributed by atoms with E-state index in [4.69, 9.17) is 14.7 Å². The van der Waals surface area contributed by atoms with Crippen molar-refractivity contribution in [2.45, 2.75) is 50.9 Å². The number of hydrogen-bond acceptors (Lipinski definition) is 3. The number of rotatable bonds is 2. The average molecular weight is 195 g/mol. The van der Waals surface area contributed by atoms with Crippen LogP contribution in [0.25, 0.3) is 0 Å². The van der Waals surface area contributed by atoms with Gasteiger partial charge in [-0.3, -0.25) is 0 Å². The van der Waals surface area contributed by atoms with Crippen molar-refractivity contribution >= 4 is 0 Å². The van der Waals surface area contributed by atoms with Gasteiger partial charge in [0.1, 0.15) is 0 Å². The van der Waals surface area contributed by atoms with E-state index in [9.17, 15) is 0 Å². The summed E-state index contributed by atoms with van der Waals surface area (Å²) in [7, 11) is 0. The van der Waals surface area contributed by atoms with E-state index in [1.54, 1.807) is 0 Å². The van der Waals surface area contributed by atoms with Crippen LogP contribution in [0.4, 0.5) is 0 Å². The van der Waals surface area contributed by atoms with Crippen LogP contribution < -0.4 is 0 Å². The highest BCUT2D eigenvalue weighted by molar-refractivity contribution is 4.88. The van der Waals surface area contributed by atoms with Crippen molar-refractivity contribution in [3.05, 3.63) is 0 Å². The van der Waals surface area contributed by atoms with Gasteiger partial charge in [-0.15, -0.1) is 0 Å². The molecule has 2 fully saturated rings. The smallest absolute Gasteiger partial charge is 0.168 e. The summed E-state index contributed by atoms with van der Waals surface area (Å²) < 4.78 is 11.5. The highest BCUT2D eigenvalue weighted by Crippen LogP contribution is 2.40. The molecule has 0 spiro atoms. The molecule has 1 saturated heterocycles. The van der Waals surface area contributed by atoms with E-state index in [0.717, 1.165) is 0 Å². The molecule has 0 N–H and O–H groups in total. The molecule has 14 heavy (non-hydrogen) atoms. The van der Waals surface area contributed by atoms with Gasteiger partial charge in [-0.25, -0.2) is 0 Å². The quantitative estimate of drug-likeness (QED) is 0.678. The summed E-state index contributed by atoms with van der Waals surface area (Å²) in [5.41, 5.74) is 0. The molecule has 1 saturated carbocycles. The second kappa shape index (κ2) is 3.88. The largest absolute Gasteiger partial charge is 0.347 e. The maximum atomic E-state index is 8.58. The fraction of sp³-hybridized carbons (Fsp3) is 0.909. The minimum absolute atomic E-state index is 0.00870. The van der Waals surface area contributed by atoms with Gasteiger partial charge in [0.2, 0.25) is 0 Å². The van der Waals surface area contributed by atoms with E-state index in [-0.39, 0.29) is 6.10 Å². The van der Waals surface area contributed by atoms with Crippen LogP contribution in [0.5, 0.6) is 0 Å². The van der Waals surface area contributed by atoms with E-state index in [2.05, 4.69) is 6.07 Å². The summed E-state index contributed by atoms with van der Waals surface area (Å²) in [6.07, 6.45) is 5.42. The van der Waals surface area contributed by atoms with E-state index in [1.165, 1.54) is 25.7 Å². The minimum Gasteiger partial charge on any atom is -0.347 e. The van der Waals surface area contributed by atoms with Gasteiger partial charge in [-0.2, -0.15) is 5.26 Å². The Morgan fingerprint density at radius 2 is 2.14 bits per heavy atom. The lowest BCUT2D eigenvalue weighted by molar-refractivity contribution is -0.189. The van der Waals surface area contributed by atoms with Gasteiger partial charge in [-0.1, -0.05) is 12.8 Å². The van der Waals surface area contributed by atoms with Gasteiger partial charge in [-0.05, 0) is 19.8 Å². The molecule has 0 aromatic rings. The van der Waals surface area contributed by atoms with Gasteiger partial charge >= 0.3 is 0 Å². The second-order valence-corrected chi connectivity index (χ2v) is 4.41. The molecule has 2 unspecified atom stereocenters. The van der Waals surface area contributed by atoms with Crippen molar-refractivity contribution in [2.24, 2.45) is 5.92 Å². The second-order valence-electron chi connectivity index (χ2n) is 4.41. The van der Waals surface area contributed by atoms with Crippen molar-refractivity contribution in [1.29, 1.82) is 5.26 Å². The molecule has 0 bridgehead atoms. The number of ether oxygens (including phenoxy) is 2. The predicted molar refractivity (Wildman–Crippen MR) is 51.4 cm³/mol. The molecular weight excluding hydrogens is 178 g/mol. The SMILES string of the molecule is CC1(C2CCCC2)OCC(CC#N)O1. The van der Waals surface area contributed by atoms with Gasteiger partial charge in [0, 0.05) is 5.92 Å². The first-order valence-electron chi connectivity index (χ1n) is 5.43. The normalized spacial score (nSPS) is 38.7. The lowest BCUT2D eigenvalue weighted by Gasteiger charge is -2.29. The van der Waals surface area contributed by atoms with Crippen LogP contribution in [0, 0.1) is 17.2 Å². The lowest BCUT2D eigenvalue weighted by atomic mass is 9.98. The van der Waals surface area contributed by atoms with Crippen LogP contribution in [-0.2, 0) is 9.47 Å². The van der Waals surface area contributed by atoms with Crippen LogP contribution in [-0.4, -0.2) is 18.5 Å². The minimum atomic E-state index is -0.405. The molecule has 1 heterocycles. The molecule has 3 nitrogen and oxygen atoms in total. The topological polar surface area (TPSA) is 42.2 Å². The number of nitriles is 1.